The number of nitrogens with one attached hydrogen (secondary N) is 2. The zero-order valence-electron chi connectivity index (χ0n) is 11.3. The average molecular weight is 302 g/mol. The van der Waals surface area contributed by atoms with Crippen LogP contribution in [0.1, 0.15) is 24.8 Å². The first-order chi connectivity index (χ1) is 9.90. The predicted molar refractivity (Wildman–Crippen MR) is 71.8 cm³/mol. The molecule has 1 aromatic carbocycles. The van der Waals surface area contributed by atoms with Gasteiger partial charge in [-0.15, -0.1) is 0 Å². The number of hydrogen-bond acceptors (Lipinski definition) is 2. The molecule has 0 bridgehead atoms. The van der Waals surface area contributed by atoms with Crippen LogP contribution in [-0.4, -0.2) is 23.8 Å². The summed E-state index contributed by atoms with van der Waals surface area (Å²) in [4.78, 5) is 11.8. The Kier molecular flexibility index (Phi) is 4.72. The number of aliphatic hydroxyl groups is 1. The lowest BCUT2D eigenvalue weighted by atomic mass is 10.1. The molecule has 0 aromatic heterocycles. The lowest BCUT2D eigenvalue weighted by molar-refractivity contribution is -0.137. The van der Waals surface area contributed by atoms with Gasteiger partial charge >= 0.3 is 12.2 Å². The van der Waals surface area contributed by atoms with Crippen LogP contribution in [0.5, 0.6) is 0 Å². The molecule has 0 heterocycles. The molecule has 1 fully saturated rings. The Bertz CT molecular complexity index is 484. The van der Waals surface area contributed by atoms with Gasteiger partial charge in [0.15, 0.2) is 0 Å². The van der Waals surface area contributed by atoms with Crippen molar-refractivity contribution in [1.29, 1.82) is 0 Å². The summed E-state index contributed by atoms with van der Waals surface area (Å²) in [5, 5.41) is 14.2. The predicted octanol–water partition coefficient (Wildman–Crippen LogP) is 2.99. The van der Waals surface area contributed by atoms with Crippen LogP contribution in [0.25, 0.3) is 0 Å². The van der Waals surface area contributed by atoms with E-state index in [4.69, 9.17) is 5.11 Å². The van der Waals surface area contributed by atoms with E-state index in [0.717, 1.165) is 25.0 Å². The summed E-state index contributed by atoms with van der Waals surface area (Å²) in [5.41, 5.74) is -0.469. The number of halogens is 3. The van der Waals surface area contributed by atoms with Gasteiger partial charge in [0.1, 0.15) is 0 Å². The third-order valence-electron chi connectivity index (χ3n) is 3.42. The Morgan fingerprint density at radius 2 is 1.90 bits per heavy atom. The van der Waals surface area contributed by atoms with Gasteiger partial charge < -0.3 is 15.7 Å². The Balaban J connectivity index is 1.90. The number of benzene rings is 1. The molecule has 1 unspecified atom stereocenters. The van der Waals surface area contributed by atoms with Crippen molar-refractivity contribution >= 4 is 11.7 Å². The molecule has 0 radical (unpaired) electrons. The standard InChI is InChI=1S/C14H17F3N2O2/c15-14(16,17)10-3-5-11(6-4-10)18-13(21)19-12(7-8-20)9-1-2-9/h3-6,9,12,20H,1-2,7-8H2,(H2,18,19,21). The number of urea groups is 1. The minimum Gasteiger partial charge on any atom is -0.396 e. The van der Waals surface area contributed by atoms with Crippen molar-refractivity contribution in [2.24, 2.45) is 5.92 Å². The summed E-state index contributed by atoms with van der Waals surface area (Å²) in [5.74, 6) is 0.385. The van der Waals surface area contributed by atoms with E-state index in [1.165, 1.54) is 12.1 Å². The molecule has 21 heavy (non-hydrogen) atoms. The van der Waals surface area contributed by atoms with Crippen molar-refractivity contribution in [2.45, 2.75) is 31.5 Å². The molecule has 1 aromatic rings. The number of alkyl halides is 3. The van der Waals surface area contributed by atoms with Gasteiger partial charge in [-0.05, 0) is 49.4 Å². The zero-order valence-corrected chi connectivity index (χ0v) is 11.3. The maximum Gasteiger partial charge on any atom is 0.416 e. The van der Waals surface area contributed by atoms with E-state index >= 15 is 0 Å². The van der Waals surface area contributed by atoms with E-state index in [1.54, 1.807) is 0 Å². The van der Waals surface area contributed by atoms with Crippen LogP contribution in [0.15, 0.2) is 24.3 Å². The molecule has 1 saturated carbocycles. The first kappa shape index (κ1) is 15.6. The fourth-order valence-corrected chi connectivity index (χ4v) is 2.14. The second-order valence-corrected chi connectivity index (χ2v) is 5.13. The smallest absolute Gasteiger partial charge is 0.396 e. The fraction of sp³-hybridized carbons (Fsp3) is 0.500. The molecule has 3 N–H and O–H groups in total. The van der Waals surface area contributed by atoms with Crippen molar-refractivity contribution in [2.75, 3.05) is 11.9 Å². The van der Waals surface area contributed by atoms with Crippen LogP contribution < -0.4 is 10.6 Å². The van der Waals surface area contributed by atoms with Crippen molar-refractivity contribution < 1.29 is 23.1 Å². The molecule has 4 nitrogen and oxygen atoms in total. The number of carbonyl (C=O) groups is 1. The maximum atomic E-state index is 12.4. The largest absolute Gasteiger partial charge is 0.416 e. The Labute approximate surface area is 120 Å². The Hall–Kier alpha value is -1.76. The van der Waals surface area contributed by atoms with Crippen LogP contribution in [-0.2, 0) is 6.18 Å². The van der Waals surface area contributed by atoms with Gasteiger partial charge in [-0.3, -0.25) is 0 Å². The van der Waals surface area contributed by atoms with E-state index < -0.39 is 17.8 Å². The van der Waals surface area contributed by atoms with Crippen LogP contribution in [0.3, 0.4) is 0 Å². The molecule has 0 saturated heterocycles. The summed E-state index contributed by atoms with van der Waals surface area (Å²) in [6, 6.07) is 3.69. The maximum absolute atomic E-state index is 12.4. The lowest BCUT2D eigenvalue weighted by Gasteiger charge is -2.17. The molecule has 2 amide bonds. The molecule has 0 spiro atoms. The highest BCUT2D eigenvalue weighted by Gasteiger charge is 2.32. The lowest BCUT2D eigenvalue weighted by Crippen LogP contribution is -2.39. The molecule has 116 valence electrons. The third-order valence-corrected chi connectivity index (χ3v) is 3.42. The van der Waals surface area contributed by atoms with Crippen molar-refractivity contribution in [3.05, 3.63) is 29.8 Å². The topological polar surface area (TPSA) is 61.4 Å². The van der Waals surface area contributed by atoms with Gasteiger partial charge in [0, 0.05) is 18.3 Å². The summed E-state index contributed by atoms with van der Waals surface area (Å²) >= 11 is 0. The Morgan fingerprint density at radius 3 is 2.38 bits per heavy atom. The highest BCUT2D eigenvalue weighted by Crippen LogP contribution is 2.34. The summed E-state index contributed by atoms with van der Waals surface area (Å²) < 4.78 is 37.2. The third kappa shape index (κ3) is 4.63. The second kappa shape index (κ2) is 6.34. The first-order valence-corrected chi connectivity index (χ1v) is 6.76. The van der Waals surface area contributed by atoms with Crippen LogP contribution >= 0.6 is 0 Å². The van der Waals surface area contributed by atoms with E-state index in [9.17, 15) is 18.0 Å². The number of hydrogen-bond donors (Lipinski definition) is 3. The van der Waals surface area contributed by atoms with E-state index in [1.807, 2.05) is 0 Å². The van der Waals surface area contributed by atoms with Crippen molar-refractivity contribution in [3.8, 4) is 0 Å². The van der Waals surface area contributed by atoms with Gasteiger partial charge in [-0.2, -0.15) is 13.2 Å². The van der Waals surface area contributed by atoms with Gasteiger partial charge in [-0.25, -0.2) is 4.79 Å². The minimum atomic E-state index is -4.39. The highest BCUT2D eigenvalue weighted by molar-refractivity contribution is 5.89. The SMILES string of the molecule is O=C(Nc1ccc(C(F)(F)F)cc1)NC(CCO)C1CC1. The van der Waals surface area contributed by atoms with E-state index in [0.29, 0.717) is 18.0 Å². The number of rotatable bonds is 5. The number of amides is 2. The highest BCUT2D eigenvalue weighted by atomic mass is 19.4. The van der Waals surface area contributed by atoms with E-state index in [2.05, 4.69) is 10.6 Å². The monoisotopic (exact) mass is 302 g/mol. The number of anilines is 1. The van der Waals surface area contributed by atoms with E-state index in [-0.39, 0.29) is 12.6 Å². The van der Waals surface area contributed by atoms with Gasteiger partial charge in [0.25, 0.3) is 0 Å². The molecule has 0 aliphatic heterocycles. The summed E-state index contributed by atoms with van der Waals surface area (Å²) in [6.07, 6.45) is -1.87. The first-order valence-electron chi connectivity index (χ1n) is 6.76. The number of carbonyl (C=O) groups excluding carboxylic acids is 1. The second-order valence-electron chi connectivity index (χ2n) is 5.13. The van der Waals surface area contributed by atoms with Crippen molar-refractivity contribution in [3.63, 3.8) is 0 Å². The quantitative estimate of drug-likeness (QED) is 0.783. The summed E-state index contributed by atoms with van der Waals surface area (Å²) in [7, 11) is 0. The molecule has 7 heteroatoms. The number of aliphatic hydroxyl groups excluding tert-OH is 1. The molecular weight excluding hydrogens is 285 g/mol. The molecule has 1 atom stereocenters. The van der Waals surface area contributed by atoms with Gasteiger partial charge in [-0.1, -0.05) is 0 Å². The Morgan fingerprint density at radius 1 is 1.29 bits per heavy atom. The molecule has 1 aliphatic rings. The van der Waals surface area contributed by atoms with Crippen molar-refractivity contribution in [1.82, 2.24) is 5.32 Å². The normalized spacial score (nSPS) is 16.4. The van der Waals surface area contributed by atoms with Crippen LogP contribution in [0, 0.1) is 5.92 Å². The van der Waals surface area contributed by atoms with Gasteiger partial charge in [0.2, 0.25) is 0 Å². The summed E-state index contributed by atoms with van der Waals surface area (Å²) in [6.45, 7) is -0.0122. The molecular formula is C14H17F3N2O2. The van der Waals surface area contributed by atoms with Crippen LogP contribution in [0.2, 0.25) is 0 Å². The van der Waals surface area contributed by atoms with Crippen LogP contribution in [0.4, 0.5) is 23.7 Å². The van der Waals surface area contributed by atoms with Gasteiger partial charge in [0.05, 0.1) is 5.56 Å². The molecule has 1 aliphatic carbocycles. The average Bonchev–Trinajstić information content (AvgIpc) is 3.22. The minimum absolute atomic E-state index is 0.0122. The fourth-order valence-electron chi connectivity index (χ4n) is 2.14. The zero-order chi connectivity index (χ0) is 15.5. The molecule has 2 rings (SSSR count).